The molecule has 0 saturated heterocycles. The molecule has 0 aliphatic heterocycles. The van der Waals surface area contributed by atoms with Crippen LogP contribution < -0.4 is 5.32 Å². The van der Waals surface area contributed by atoms with Gasteiger partial charge in [0.2, 0.25) is 0 Å². The molecule has 5 heteroatoms. The van der Waals surface area contributed by atoms with Gasteiger partial charge in [-0.05, 0) is 64.5 Å². The fourth-order valence-corrected chi connectivity index (χ4v) is 2.25. The first kappa shape index (κ1) is 13.7. The summed E-state index contributed by atoms with van der Waals surface area (Å²) in [5, 5.41) is 3.24. The van der Waals surface area contributed by atoms with E-state index < -0.39 is 0 Å². The van der Waals surface area contributed by atoms with Crippen LogP contribution in [0.15, 0.2) is 28.7 Å². The Morgan fingerprint density at radius 2 is 1.89 bits per heavy atom. The van der Waals surface area contributed by atoms with E-state index in [9.17, 15) is 0 Å². The second-order valence-corrected chi connectivity index (χ2v) is 5.87. The van der Waals surface area contributed by atoms with Crippen molar-refractivity contribution in [3.05, 3.63) is 38.0 Å². The number of rotatable bonds is 3. The summed E-state index contributed by atoms with van der Waals surface area (Å²) in [7, 11) is 0. The maximum atomic E-state index is 4.55. The number of benzene rings is 1. The van der Waals surface area contributed by atoms with E-state index in [0.29, 0.717) is 0 Å². The van der Waals surface area contributed by atoms with E-state index in [1.54, 1.807) is 0 Å². The second-order valence-electron chi connectivity index (χ2n) is 3.83. The van der Waals surface area contributed by atoms with E-state index in [0.717, 1.165) is 33.9 Å². The minimum absolute atomic E-state index is 0.753. The third-order valence-corrected chi connectivity index (χ3v) is 4.13. The van der Waals surface area contributed by atoms with Crippen LogP contribution >= 0.6 is 38.5 Å². The highest BCUT2D eigenvalue weighted by atomic mass is 127. The molecule has 0 bridgehead atoms. The van der Waals surface area contributed by atoms with Crippen molar-refractivity contribution in [2.45, 2.75) is 13.8 Å². The van der Waals surface area contributed by atoms with Crippen LogP contribution in [0.2, 0.25) is 0 Å². The largest absolute Gasteiger partial charge is 0.369 e. The number of nitrogens with zero attached hydrogens (tertiary/aromatic N) is 2. The van der Waals surface area contributed by atoms with Crippen LogP contribution in [0.25, 0.3) is 11.4 Å². The Kier molecular flexibility index (Phi) is 4.55. The van der Waals surface area contributed by atoms with Crippen LogP contribution in [0, 0.1) is 10.5 Å². The van der Waals surface area contributed by atoms with Gasteiger partial charge in [0, 0.05) is 15.7 Å². The van der Waals surface area contributed by atoms with E-state index in [1.807, 2.05) is 19.1 Å². The van der Waals surface area contributed by atoms with Crippen LogP contribution in [-0.4, -0.2) is 16.5 Å². The summed E-state index contributed by atoms with van der Waals surface area (Å²) >= 11 is 5.80. The number of aromatic nitrogens is 2. The van der Waals surface area contributed by atoms with E-state index in [-0.39, 0.29) is 0 Å². The van der Waals surface area contributed by atoms with Gasteiger partial charge < -0.3 is 5.32 Å². The van der Waals surface area contributed by atoms with Crippen molar-refractivity contribution in [1.82, 2.24) is 9.97 Å². The van der Waals surface area contributed by atoms with Gasteiger partial charge in [-0.25, -0.2) is 9.97 Å². The molecule has 2 aromatic rings. The molecule has 1 N–H and O–H groups in total. The Labute approximate surface area is 129 Å². The van der Waals surface area contributed by atoms with Crippen LogP contribution in [-0.2, 0) is 0 Å². The van der Waals surface area contributed by atoms with Gasteiger partial charge >= 0.3 is 0 Å². The van der Waals surface area contributed by atoms with Crippen molar-refractivity contribution >= 4 is 44.3 Å². The molecular weight excluding hydrogens is 405 g/mol. The molecule has 0 spiro atoms. The number of hydrogen-bond donors (Lipinski definition) is 1. The van der Waals surface area contributed by atoms with Crippen molar-refractivity contribution in [1.29, 1.82) is 0 Å². The molecule has 0 unspecified atom stereocenters. The van der Waals surface area contributed by atoms with Crippen molar-refractivity contribution in [3.63, 3.8) is 0 Å². The van der Waals surface area contributed by atoms with E-state index >= 15 is 0 Å². The number of halogens is 2. The Morgan fingerprint density at radius 1 is 1.22 bits per heavy atom. The maximum Gasteiger partial charge on any atom is 0.161 e. The second kappa shape index (κ2) is 5.97. The quantitative estimate of drug-likeness (QED) is 0.758. The van der Waals surface area contributed by atoms with Gasteiger partial charge in [0.15, 0.2) is 5.82 Å². The Hall–Kier alpha value is -0.690. The fraction of sp³-hybridized carbons (Fsp3) is 0.231. The lowest BCUT2D eigenvalue weighted by Crippen LogP contribution is -2.04. The zero-order chi connectivity index (χ0) is 13.1. The molecule has 0 aliphatic rings. The van der Waals surface area contributed by atoms with Gasteiger partial charge in [-0.2, -0.15) is 0 Å². The normalized spacial score (nSPS) is 10.4. The smallest absolute Gasteiger partial charge is 0.161 e. The predicted octanol–water partition coefficient (Wildman–Crippen LogP) is 4.25. The van der Waals surface area contributed by atoms with Gasteiger partial charge in [-0.15, -0.1) is 0 Å². The molecule has 0 aliphatic carbocycles. The molecule has 0 fully saturated rings. The number of anilines is 1. The van der Waals surface area contributed by atoms with E-state index in [4.69, 9.17) is 0 Å². The molecule has 1 heterocycles. The molecule has 1 aromatic carbocycles. The lowest BCUT2D eigenvalue weighted by atomic mass is 10.2. The Balaban J connectivity index is 2.48. The monoisotopic (exact) mass is 417 g/mol. The number of hydrogen-bond acceptors (Lipinski definition) is 3. The number of nitrogens with one attached hydrogen (secondary N) is 1. The summed E-state index contributed by atoms with van der Waals surface area (Å²) < 4.78 is 2.13. The molecule has 0 saturated carbocycles. The lowest BCUT2D eigenvalue weighted by Gasteiger charge is -2.10. The van der Waals surface area contributed by atoms with Crippen molar-refractivity contribution in [2.75, 3.05) is 11.9 Å². The summed E-state index contributed by atoms with van der Waals surface area (Å²) in [5.74, 6) is 1.60. The number of aryl methyl sites for hydroxylation is 1. The summed E-state index contributed by atoms with van der Waals surface area (Å²) in [6.45, 7) is 4.86. The van der Waals surface area contributed by atoms with Gasteiger partial charge in [0.25, 0.3) is 0 Å². The van der Waals surface area contributed by atoms with Crippen LogP contribution in [0.5, 0.6) is 0 Å². The molecule has 0 atom stereocenters. The summed E-state index contributed by atoms with van der Waals surface area (Å²) in [5.41, 5.74) is 1.97. The zero-order valence-corrected chi connectivity index (χ0v) is 13.9. The summed E-state index contributed by atoms with van der Waals surface area (Å²) in [6, 6.07) is 8.20. The van der Waals surface area contributed by atoms with Gasteiger partial charge in [-0.3, -0.25) is 0 Å². The third kappa shape index (κ3) is 3.00. The Bertz CT molecular complexity index is 555. The highest BCUT2D eigenvalue weighted by molar-refractivity contribution is 14.1. The molecule has 0 amide bonds. The average Bonchev–Trinajstić information content (AvgIpc) is 2.36. The minimum atomic E-state index is 0.753. The average molecular weight is 418 g/mol. The molecule has 0 radical (unpaired) electrons. The molecule has 2 rings (SSSR count). The zero-order valence-electron chi connectivity index (χ0n) is 10.2. The first-order chi connectivity index (χ1) is 8.61. The maximum absolute atomic E-state index is 4.55. The first-order valence-electron chi connectivity index (χ1n) is 5.65. The fourth-order valence-electron chi connectivity index (χ4n) is 1.57. The molecular formula is C13H13BrIN3. The molecule has 94 valence electrons. The van der Waals surface area contributed by atoms with E-state index in [1.165, 1.54) is 3.57 Å². The van der Waals surface area contributed by atoms with Gasteiger partial charge in [0.1, 0.15) is 5.82 Å². The minimum Gasteiger partial charge on any atom is -0.369 e. The van der Waals surface area contributed by atoms with E-state index in [2.05, 4.69) is 72.9 Å². The highest BCUT2D eigenvalue weighted by Crippen LogP contribution is 2.26. The highest BCUT2D eigenvalue weighted by Gasteiger charge is 2.10. The van der Waals surface area contributed by atoms with Crippen LogP contribution in [0.3, 0.4) is 0 Å². The topological polar surface area (TPSA) is 37.8 Å². The van der Waals surface area contributed by atoms with Crippen molar-refractivity contribution in [2.24, 2.45) is 0 Å². The summed E-state index contributed by atoms with van der Waals surface area (Å²) in [4.78, 5) is 9.07. The van der Waals surface area contributed by atoms with Gasteiger partial charge in [0.05, 0.1) is 10.2 Å². The molecule has 3 nitrogen and oxygen atoms in total. The predicted molar refractivity (Wildman–Crippen MR) is 86.8 cm³/mol. The first-order valence-corrected chi connectivity index (χ1v) is 7.53. The SMILES string of the molecule is CCNc1nc(-c2ccc(I)cc2)nc(C)c1Br. The summed E-state index contributed by atoms with van der Waals surface area (Å²) in [6.07, 6.45) is 0. The van der Waals surface area contributed by atoms with Crippen molar-refractivity contribution < 1.29 is 0 Å². The molecule has 18 heavy (non-hydrogen) atoms. The van der Waals surface area contributed by atoms with Crippen LogP contribution in [0.4, 0.5) is 5.82 Å². The van der Waals surface area contributed by atoms with Crippen LogP contribution in [0.1, 0.15) is 12.6 Å². The Morgan fingerprint density at radius 3 is 2.50 bits per heavy atom. The van der Waals surface area contributed by atoms with Gasteiger partial charge in [-0.1, -0.05) is 12.1 Å². The molecule has 1 aromatic heterocycles. The third-order valence-electron chi connectivity index (χ3n) is 2.46. The van der Waals surface area contributed by atoms with Crippen molar-refractivity contribution in [3.8, 4) is 11.4 Å². The lowest BCUT2D eigenvalue weighted by molar-refractivity contribution is 1.06. The standard InChI is InChI=1S/C13H13BrIN3/c1-3-16-13-11(14)8(2)17-12(18-13)9-4-6-10(15)7-5-9/h4-7H,3H2,1-2H3,(H,16,17,18).